The van der Waals surface area contributed by atoms with E-state index in [9.17, 15) is 9.59 Å². The summed E-state index contributed by atoms with van der Waals surface area (Å²) in [5, 5.41) is 3.10. The van der Waals surface area contributed by atoms with E-state index in [4.69, 9.17) is 4.42 Å². The zero-order chi connectivity index (χ0) is 16.5. The van der Waals surface area contributed by atoms with Crippen molar-refractivity contribution in [3.63, 3.8) is 0 Å². The van der Waals surface area contributed by atoms with E-state index in [-0.39, 0.29) is 29.9 Å². The molecule has 0 spiro atoms. The highest BCUT2D eigenvalue weighted by atomic mass is 16.3. The minimum absolute atomic E-state index is 0.0357. The lowest BCUT2D eigenvalue weighted by Crippen LogP contribution is -2.52. The van der Waals surface area contributed by atoms with E-state index in [0.717, 1.165) is 25.7 Å². The molecule has 2 unspecified atom stereocenters. The number of fused-ring (bicyclic) bond motifs is 2. The minimum atomic E-state index is -0.0763. The van der Waals surface area contributed by atoms with Gasteiger partial charge in [0.2, 0.25) is 0 Å². The normalized spacial score (nSPS) is 25.5. The zero-order valence-corrected chi connectivity index (χ0v) is 13.2. The molecule has 2 amide bonds. The number of nitrogens with zero attached hydrogens (tertiary/aromatic N) is 2. The number of pyridine rings is 1. The SMILES string of the molecule is O=C(NC1CC2CCC(C1)N2C(=O)c1ccco1)c1ccncc1. The van der Waals surface area contributed by atoms with Gasteiger partial charge in [-0.25, -0.2) is 0 Å². The molecular weight excluding hydrogens is 306 g/mol. The van der Waals surface area contributed by atoms with Crippen molar-refractivity contribution < 1.29 is 14.0 Å². The van der Waals surface area contributed by atoms with Crippen LogP contribution in [0.5, 0.6) is 0 Å². The third-order valence-electron chi connectivity index (χ3n) is 4.98. The molecule has 2 bridgehead atoms. The van der Waals surface area contributed by atoms with Crippen molar-refractivity contribution in [1.29, 1.82) is 0 Å². The van der Waals surface area contributed by atoms with E-state index < -0.39 is 0 Å². The van der Waals surface area contributed by atoms with Gasteiger partial charge in [-0.05, 0) is 49.9 Å². The number of nitrogens with one attached hydrogen (secondary N) is 1. The van der Waals surface area contributed by atoms with Crippen molar-refractivity contribution in [1.82, 2.24) is 15.2 Å². The van der Waals surface area contributed by atoms with Gasteiger partial charge in [-0.3, -0.25) is 14.6 Å². The Morgan fingerprint density at radius 3 is 2.46 bits per heavy atom. The average molecular weight is 325 g/mol. The van der Waals surface area contributed by atoms with E-state index in [1.165, 1.54) is 6.26 Å². The summed E-state index contributed by atoms with van der Waals surface area (Å²) in [5.74, 6) is 0.283. The molecule has 1 N–H and O–H groups in total. The molecule has 2 aliphatic heterocycles. The van der Waals surface area contributed by atoms with Crippen LogP contribution >= 0.6 is 0 Å². The summed E-state index contributed by atoms with van der Waals surface area (Å²) in [6.45, 7) is 0. The first-order valence-electron chi connectivity index (χ1n) is 8.29. The van der Waals surface area contributed by atoms with Gasteiger partial charge in [-0.15, -0.1) is 0 Å². The average Bonchev–Trinajstić information content (AvgIpc) is 3.22. The molecule has 2 aliphatic rings. The molecule has 4 heterocycles. The van der Waals surface area contributed by atoms with Gasteiger partial charge in [0.25, 0.3) is 11.8 Å². The van der Waals surface area contributed by atoms with Crippen molar-refractivity contribution >= 4 is 11.8 Å². The fraction of sp³-hybridized carbons (Fsp3) is 0.389. The van der Waals surface area contributed by atoms with Gasteiger partial charge in [-0.2, -0.15) is 0 Å². The molecule has 2 saturated heterocycles. The Labute approximate surface area is 139 Å². The van der Waals surface area contributed by atoms with Crippen molar-refractivity contribution in [3.8, 4) is 0 Å². The van der Waals surface area contributed by atoms with Crippen LogP contribution in [0.25, 0.3) is 0 Å². The summed E-state index contributed by atoms with van der Waals surface area (Å²) >= 11 is 0. The fourth-order valence-corrected chi connectivity index (χ4v) is 3.93. The molecule has 2 aromatic heterocycles. The molecule has 2 atom stereocenters. The number of carbonyl (C=O) groups excluding carboxylic acids is 2. The molecule has 2 aromatic rings. The van der Waals surface area contributed by atoms with Gasteiger partial charge in [0.1, 0.15) is 0 Å². The summed E-state index contributed by atoms with van der Waals surface area (Å²) in [7, 11) is 0. The van der Waals surface area contributed by atoms with Crippen molar-refractivity contribution in [2.75, 3.05) is 0 Å². The monoisotopic (exact) mass is 325 g/mol. The van der Waals surface area contributed by atoms with Gasteiger partial charge in [0.05, 0.1) is 6.26 Å². The standard InChI is InChI=1S/C18H19N3O3/c22-17(12-5-7-19-8-6-12)20-13-10-14-3-4-15(11-13)21(14)18(23)16-2-1-9-24-16/h1-2,5-9,13-15H,3-4,10-11H2,(H,20,22). The second-order valence-electron chi connectivity index (χ2n) is 6.45. The Hall–Kier alpha value is -2.63. The van der Waals surface area contributed by atoms with Crippen LogP contribution in [-0.2, 0) is 0 Å². The van der Waals surface area contributed by atoms with Crippen LogP contribution in [0.2, 0.25) is 0 Å². The van der Waals surface area contributed by atoms with Crippen LogP contribution in [0.4, 0.5) is 0 Å². The molecule has 6 heteroatoms. The smallest absolute Gasteiger partial charge is 0.290 e. The summed E-state index contributed by atoms with van der Waals surface area (Å²) in [4.78, 5) is 30.8. The molecule has 0 aliphatic carbocycles. The maximum atomic E-state index is 12.6. The largest absolute Gasteiger partial charge is 0.459 e. The summed E-state index contributed by atoms with van der Waals surface area (Å²) in [5.41, 5.74) is 0.617. The van der Waals surface area contributed by atoms with E-state index >= 15 is 0 Å². The molecule has 4 rings (SSSR count). The van der Waals surface area contributed by atoms with Gasteiger partial charge < -0.3 is 14.6 Å². The topological polar surface area (TPSA) is 75.4 Å². The second kappa shape index (κ2) is 6.11. The summed E-state index contributed by atoms with van der Waals surface area (Å²) < 4.78 is 5.26. The summed E-state index contributed by atoms with van der Waals surface area (Å²) in [6.07, 6.45) is 8.31. The minimum Gasteiger partial charge on any atom is -0.459 e. The fourth-order valence-electron chi connectivity index (χ4n) is 3.93. The number of hydrogen-bond acceptors (Lipinski definition) is 4. The Morgan fingerprint density at radius 1 is 1.12 bits per heavy atom. The second-order valence-corrected chi connectivity index (χ2v) is 6.45. The Balaban J connectivity index is 1.43. The molecule has 124 valence electrons. The maximum absolute atomic E-state index is 12.6. The van der Waals surface area contributed by atoms with Crippen molar-refractivity contribution in [2.24, 2.45) is 0 Å². The highest BCUT2D eigenvalue weighted by Gasteiger charge is 2.44. The van der Waals surface area contributed by atoms with Crippen LogP contribution in [-0.4, -0.2) is 39.8 Å². The lowest BCUT2D eigenvalue weighted by molar-refractivity contribution is 0.0518. The summed E-state index contributed by atoms with van der Waals surface area (Å²) in [6, 6.07) is 7.30. The highest BCUT2D eigenvalue weighted by Crippen LogP contribution is 2.37. The highest BCUT2D eigenvalue weighted by molar-refractivity contribution is 5.94. The first-order chi connectivity index (χ1) is 11.7. The zero-order valence-electron chi connectivity index (χ0n) is 13.2. The molecular formula is C18H19N3O3. The number of furan rings is 1. The molecule has 2 fully saturated rings. The molecule has 6 nitrogen and oxygen atoms in total. The third-order valence-corrected chi connectivity index (χ3v) is 4.98. The third kappa shape index (κ3) is 2.68. The number of amides is 2. The van der Waals surface area contributed by atoms with Crippen LogP contribution in [0.1, 0.15) is 46.6 Å². The van der Waals surface area contributed by atoms with E-state index in [0.29, 0.717) is 11.3 Å². The maximum Gasteiger partial charge on any atom is 0.290 e. The van der Waals surface area contributed by atoms with E-state index in [1.807, 2.05) is 4.90 Å². The van der Waals surface area contributed by atoms with Crippen LogP contribution < -0.4 is 5.32 Å². The quantitative estimate of drug-likeness (QED) is 0.939. The van der Waals surface area contributed by atoms with Crippen LogP contribution in [0, 0.1) is 0 Å². The lowest BCUT2D eigenvalue weighted by Gasteiger charge is -2.38. The van der Waals surface area contributed by atoms with Crippen molar-refractivity contribution in [3.05, 3.63) is 54.2 Å². The predicted octanol–water partition coefficient (Wildman–Crippen LogP) is 2.24. The number of aromatic nitrogens is 1. The molecule has 0 radical (unpaired) electrons. The van der Waals surface area contributed by atoms with Gasteiger partial charge in [0.15, 0.2) is 5.76 Å². The van der Waals surface area contributed by atoms with Gasteiger partial charge >= 0.3 is 0 Å². The molecule has 0 saturated carbocycles. The Kier molecular flexibility index (Phi) is 3.80. The van der Waals surface area contributed by atoms with Gasteiger partial charge in [-0.1, -0.05) is 0 Å². The Morgan fingerprint density at radius 2 is 1.83 bits per heavy atom. The predicted molar refractivity (Wildman–Crippen MR) is 86.4 cm³/mol. The van der Waals surface area contributed by atoms with E-state index in [2.05, 4.69) is 10.3 Å². The number of carbonyl (C=O) groups is 2. The Bertz CT molecular complexity index is 715. The lowest BCUT2D eigenvalue weighted by atomic mass is 9.96. The van der Waals surface area contributed by atoms with Crippen molar-refractivity contribution in [2.45, 2.75) is 43.8 Å². The van der Waals surface area contributed by atoms with Crippen LogP contribution in [0.15, 0.2) is 47.3 Å². The van der Waals surface area contributed by atoms with E-state index in [1.54, 1.807) is 36.7 Å². The number of rotatable bonds is 3. The molecule has 0 aromatic carbocycles. The first-order valence-corrected chi connectivity index (χ1v) is 8.29. The first kappa shape index (κ1) is 14.9. The van der Waals surface area contributed by atoms with Crippen LogP contribution in [0.3, 0.4) is 0 Å². The van der Waals surface area contributed by atoms with Gasteiger partial charge in [0, 0.05) is 36.1 Å². The number of piperidine rings is 1. The molecule has 24 heavy (non-hydrogen) atoms. The number of hydrogen-bond donors (Lipinski definition) is 1.